The molecular formula is C16H18ClNO. The average Bonchev–Trinajstić information content (AvgIpc) is 2.35. The van der Waals surface area contributed by atoms with Crippen molar-refractivity contribution in [2.45, 2.75) is 27.3 Å². The molecule has 0 aliphatic heterocycles. The van der Waals surface area contributed by atoms with Gasteiger partial charge in [-0.25, -0.2) is 0 Å². The predicted octanol–water partition coefficient (Wildman–Crippen LogP) is 4.52. The molecule has 0 aromatic heterocycles. The molecule has 0 aliphatic carbocycles. The molecule has 0 radical (unpaired) electrons. The van der Waals surface area contributed by atoms with Gasteiger partial charge in [0.15, 0.2) is 0 Å². The highest BCUT2D eigenvalue weighted by atomic mass is 35.5. The quantitative estimate of drug-likeness (QED) is 0.894. The summed E-state index contributed by atoms with van der Waals surface area (Å²) in [6.07, 6.45) is 0. The van der Waals surface area contributed by atoms with Crippen molar-refractivity contribution < 1.29 is 4.74 Å². The van der Waals surface area contributed by atoms with E-state index in [1.165, 1.54) is 11.1 Å². The number of aryl methyl sites for hydroxylation is 2. The second-order valence-corrected chi connectivity index (χ2v) is 5.20. The molecule has 0 atom stereocenters. The minimum absolute atomic E-state index is 0.427. The molecule has 100 valence electrons. The van der Waals surface area contributed by atoms with Crippen molar-refractivity contribution in [3.8, 4) is 11.5 Å². The van der Waals surface area contributed by atoms with Gasteiger partial charge in [-0.05, 0) is 55.7 Å². The van der Waals surface area contributed by atoms with Crippen LogP contribution in [0.15, 0.2) is 30.3 Å². The first-order chi connectivity index (χ1) is 9.01. The van der Waals surface area contributed by atoms with Crippen LogP contribution in [0.3, 0.4) is 0 Å². The van der Waals surface area contributed by atoms with Gasteiger partial charge in [0, 0.05) is 17.1 Å². The van der Waals surface area contributed by atoms with Gasteiger partial charge in [0.2, 0.25) is 0 Å². The van der Waals surface area contributed by atoms with E-state index in [2.05, 4.69) is 26.8 Å². The van der Waals surface area contributed by atoms with Crippen LogP contribution in [0.25, 0.3) is 0 Å². The minimum Gasteiger partial charge on any atom is -0.457 e. The third-order valence-corrected chi connectivity index (χ3v) is 3.47. The second-order valence-electron chi connectivity index (χ2n) is 4.76. The van der Waals surface area contributed by atoms with Crippen molar-refractivity contribution >= 4 is 11.6 Å². The van der Waals surface area contributed by atoms with E-state index in [4.69, 9.17) is 22.1 Å². The van der Waals surface area contributed by atoms with Crippen LogP contribution in [0.1, 0.15) is 22.3 Å². The smallest absolute Gasteiger partial charge is 0.133 e. The summed E-state index contributed by atoms with van der Waals surface area (Å²) >= 11 is 6.02. The SMILES string of the molecule is Cc1cc(C)c(C)c(Oc2cc(Cl)ccc2CN)c1. The van der Waals surface area contributed by atoms with E-state index in [0.29, 0.717) is 11.6 Å². The van der Waals surface area contributed by atoms with E-state index in [-0.39, 0.29) is 0 Å². The number of benzene rings is 2. The Morgan fingerprint density at radius 1 is 1.05 bits per heavy atom. The molecule has 0 amide bonds. The molecule has 0 heterocycles. The van der Waals surface area contributed by atoms with Crippen LogP contribution >= 0.6 is 11.6 Å². The molecule has 0 unspecified atom stereocenters. The maximum absolute atomic E-state index is 6.02. The first-order valence-corrected chi connectivity index (χ1v) is 6.63. The van der Waals surface area contributed by atoms with Crippen molar-refractivity contribution in [3.63, 3.8) is 0 Å². The van der Waals surface area contributed by atoms with Crippen LogP contribution in [0.4, 0.5) is 0 Å². The molecule has 0 bridgehead atoms. The first kappa shape index (κ1) is 13.9. The van der Waals surface area contributed by atoms with Crippen molar-refractivity contribution in [2.75, 3.05) is 0 Å². The molecule has 0 aliphatic rings. The van der Waals surface area contributed by atoms with Crippen molar-refractivity contribution in [3.05, 3.63) is 57.6 Å². The molecule has 2 aromatic rings. The zero-order valence-corrected chi connectivity index (χ0v) is 12.2. The highest BCUT2D eigenvalue weighted by Gasteiger charge is 2.09. The molecule has 19 heavy (non-hydrogen) atoms. The largest absolute Gasteiger partial charge is 0.457 e. The number of rotatable bonds is 3. The lowest BCUT2D eigenvalue weighted by atomic mass is 10.1. The maximum Gasteiger partial charge on any atom is 0.133 e. The molecule has 2 nitrogen and oxygen atoms in total. The Morgan fingerprint density at radius 2 is 1.79 bits per heavy atom. The second kappa shape index (κ2) is 5.64. The highest BCUT2D eigenvalue weighted by molar-refractivity contribution is 6.30. The third-order valence-electron chi connectivity index (χ3n) is 3.23. The summed E-state index contributed by atoms with van der Waals surface area (Å²) < 4.78 is 6.01. The van der Waals surface area contributed by atoms with Gasteiger partial charge < -0.3 is 10.5 Å². The monoisotopic (exact) mass is 275 g/mol. The molecule has 3 heteroatoms. The topological polar surface area (TPSA) is 35.2 Å². The van der Waals surface area contributed by atoms with Crippen LogP contribution in [0.2, 0.25) is 5.02 Å². The van der Waals surface area contributed by atoms with Crippen molar-refractivity contribution in [1.29, 1.82) is 0 Å². The molecule has 0 spiro atoms. The maximum atomic E-state index is 6.02. The summed E-state index contributed by atoms with van der Waals surface area (Å²) in [5, 5.41) is 0.647. The van der Waals surface area contributed by atoms with Gasteiger partial charge in [-0.1, -0.05) is 23.7 Å². The zero-order valence-electron chi connectivity index (χ0n) is 11.5. The van der Waals surface area contributed by atoms with E-state index < -0.39 is 0 Å². The zero-order chi connectivity index (χ0) is 14.0. The lowest BCUT2D eigenvalue weighted by Crippen LogP contribution is -2.00. The van der Waals surface area contributed by atoms with E-state index in [0.717, 1.165) is 22.6 Å². The fourth-order valence-electron chi connectivity index (χ4n) is 2.02. The average molecular weight is 276 g/mol. The molecule has 2 rings (SSSR count). The summed E-state index contributed by atoms with van der Waals surface area (Å²) in [5.74, 6) is 1.58. The van der Waals surface area contributed by atoms with E-state index in [1.807, 2.05) is 18.2 Å². The standard InChI is InChI=1S/C16H18ClNO/c1-10-6-11(2)12(3)15(7-10)19-16-8-14(17)5-4-13(16)9-18/h4-8H,9,18H2,1-3H3. The van der Waals surface area contributed by atoms with E-state index >= 15 is 0 Å². The molecule has 0 saturated carbocycles. The summed E-state index contributed by atoms with van der Waals surface area (Å²) in [4.78, 5) is 0. The van der Waals surface area contributed by atoms with Gasteiger partial charge in [0.05, 0.1) is 0 Å². The van der Waals surface area contributed by atoms with Gasteiger partial charge in [0.25, 0.3) is 0 Å². The number of halogens is 1. The summed E-state index contributed by atoms with van der Waals surface area (Å²) in [6, 6.07) is 9.70. The van der Waals surface area contributed by atoms with E-state index in [1.54, 1.807) is 6.07 Å². The van der Waals surface area contributed by atoms with E-state index in [9.17, 15) is 0 Å². The Kier molecular flexibility index (Phi) is 4.13. The van der Waals surface area contributed by atoms with Crippen LogP contribution < -0.4 is 10.5 Å². The van der Waals surface area contributed by atoms with Gasteiger partial charge in [-0.2, -0.15) is 0 Å². The van der Waals surface area contributed by atoms with Gasteiger partial charge in [-0.15, -0.1) is 0 Å². The third kappa shape index (κ3) is 3.09. The van der Waals surface area contributed by atoms with Crippen LogP contribution in [-0.2, 0) is 6.54 Å². The first-order valence-electron chi connectivity index (χ1n) is 6.25. The van der Waals surface area contributed by atoms with Crippen LogP contribution in [0.5, 0.6) is 11.5 Å². The van der Waals surface area contributed by atoms with Crippen LogP contribution in [-0.4, -0.2) is 0 Å². The molecule has 0 fully saturated rings. The number of ether oxygens (including phenoxy) is 1. The Labute approximate surface area is 119 Å². The Morgan fingerprint density at radius 3 is 2.47 bits per heavy atom. The number of nitrogens with two attached hydrogens (primary N) is 1. The van der Waals surface area contributed by atoms with Gasteiger partial charge >= 0.3 is 0 Å². The van der Waals surface area contributed by atoms with Gasteiger partial charge in [-0.3, -0.25) is 0 Å². The minimum atomic E-state index is 0.427. The Bertz CT molecular complexity index is 608. The highest BCUT2D eigenvalue weighted by Crippen LogP contribution is 2.32. The van der Waals surface area contributed by atoms with Crippen LogP contribution in [0, 0.1) is 20.8 Å². The molecule has 0 saturated heterocycles. The lowest BCUT2D eigenvalue weighted by molar-refractivity contribution is 0.472. The summed E-state index contributed by atoms with van der Waals surface area (Å²) in [6.45, 7) is 6.62. The van der Waals surface area contributed by atoms with Crippen molar-refractivity contribution in [1.82, 2.24) is 0 Å². The normalized spacial score (nSPS) is 10.6. The van der Waals surface area contributed by atoms with Gasteiger partial charge in [0.1, 0.15) is 11.5 Å². The Balaban J connectivity index is 2.44. The number of hydrogen-bond acceptors (Lipinski definition) is 2. The van der Waals surface area contributed by atoms with Crippen molar-refractivity contribution in [2.24, 2.45) is 5.73 Å². The fraction of sp³-hybridized carbons (Fsp3) is 0.250. The molecule has 2 aromatic carbocycles. The molecular weight excluding hydrogens is 258 g/mol. The summed E-state index contributed by atoms with van der Waals surface area (Å²) in [7, 11) is 0. The summed E-state index contributed by atoms with van der Waals surface area (Å²) in [5.41, 5.74) is 10.2. The molecule has 2 N–H and O–H groups in total. The fourth-order valence-corrected chi connectivity index (χ4v) is 2.18. The Hall–Kier alpha value is -1.51. The number of hydrogen-bond donors (Lipinski definition) is 1. The lowest BCUT2D eigenvalue weighted by Gasteiger charge is -2.14. The predicted molar refractivity (Wildman–Crippen MR) is 80.1 cm³/mol.